The van der Waals surface area contributed by atoms with Crippen molar-refractivity contribution in [2.75, 3.05) is 7.11 Å². The summed E-state index contributed by atoms with van der Waals surface area (Å²) >= 11 is 1.48. The van der Waals surface area contributed by atoms with E-state index in [-0.39, 0.29) is 18.3 Å². The number of nitrogens with one attached hydrogen (secondary N) is 1. The average Bonchev–Trinajstić information content (AvgIpc) is 3.45. The first-order valence-electron chi connectivity index (χ1n) is 8.72. The minimum atomic E-state index is -1.13. The summed E-state index contributed by atoms with van der Waals surface area (Å²) in [6.07, 6.45) is 0.407. The van der Waals surface area contributed by atoms with E-state index in [2.05, 4.69) is 15.5 Å². The Morgan fingerprint density at radius 3 is 2.68 bits per heavy atom. The second-order valence-electron chi connectivity index (χ2n) is 6.30. The minimum Gasteiger partial charge on any atom is -0.497 e. The smallest absolute Gasteiger partial charge is 0.325 e. The van der Waals surface area contributed by atoms with Crippen molar-refractivity contribution in [1.29, 1.82) is 0 Å². The number of rotatable bonds is 6. The van der Waals surface area contributed by atoms with Crippen LogP contribution in [0.3, 0.4) is 0 Å². The first kappa shape index (κ1) is 18.2. The van der Waals surface area contributed by atoms with Crippen LogP contribution in [-0.2, 0) is 16.9 Å². The van der Waals surface area contributed by atoms with Crippen LogP contribution >= 0.6 is 11.3 Å². The summed E-state index contributed by atoms with van der Waals surface area (Å²) in [6, 6.07) is 10.4. The molecule has 3 amide bonds. The van der Waals surface area contributed by atoms with Crippen LogP contribution < -0.4 is 10.1 Å². The number of carbonyl (C=O) groups excluding carboxylic acids is 2. The van der Waals surface area contributed by atoms with Crippen molar-refractivity contribution in [3.05, 3.63) is 53.2 Å². The molecule has 0 aliphatic carbocycles. The molecule has 3 heterocycles. The molecular formula is C19H18N4O4S. The Kier molecular flexibility index (Phi) is 4.60. The van der Waals surface area contributed by atoms with Crippen molar-refractivity contribution < 1.29 is 18.8 Å². The molecule has 0 bridgehead atoms. The fraction of sp³-hybridized carbons (Fsp3) is 0.263. The third-order valence-electron chi connectivity index (χ3n) is 4.79. The van der Waals surface area contributed by atoms with Gasteiger partial charge in [0.2, 0.25) is 11.7 Å². The number of carbonyl (C=O) groups is 2. The number of ether oxygens (including phenoxy) is 1. The standard InChI is InChI=1S/C19H18N4O4S/c1-3-19(12-6-8-13(26-2)9-7-12)17(24)23(18(25)21-19)11-15-20-16(22-27-15)14-5-4-10-28-14/h4-10H,3,11H2,1-2H3,(H,21,25). The summed E-state index contributed by atoms with van der Waals surface area (Å²) in [6.45, 7) is 1.77. The van der Waals surface area contributed by atoms with Crippen LogP contribution in [0.15, 0.2) is 46.3 Å². The zero-order valence-electron chi connectivity index (χ0n) is 15.3. The number of thiophene rings is 1. The Hall–Kier alpha value is -3.20. The van der Waals surface area contributed by atoms with Crippen molar-refractivity contribution in [3.63, 3.8) is 0 Å². The molecule has 9 heteroatoms. The molecule has 1 aliphatic rings. The van der Waals surface area contributed by atoms with E-state index in [0.717, 1.165) is 9.78 Å². The number of methoxy groups -OCH3 is 1. The monoisotopic (exact) mass is 398 g/mol. The lowest BCUT2D eigenvalue weighted by atomic mass is 9.87. The maximum atomic E-state index is 13.2. The fourth-order valence-electron chi connectivity index (χ4n) is 3.24. The normalized spacial score (nSPS) is 19.1. The highest BCUT2D eigenvalue weighted by atomic mass is 32.1. The lowest BCUT2D eigenvalue weighted by molar-refractivity contribution is -0.132. The lowest BCUT2D eigenvalue weighted by Gasteiger charge is -2.25. The number of hydrogen-bond donors (Lipinski definition) is 1. The van der Waals surface area contributed by atoms with E-state index in [1.54, 1.807) is 31.4 Å². The average molecular weight is 398 g/mol. The van der Waals surface area contributed by atoms with E-state index in [1.165, 1.54) is 11.3 Å². The van der Waals surface area contributed by atoms with Crippen molar-refractivity contribution in [2.24, 2.45) is 0 Å². The topological polar surface area (TPSA) is 97.6 Å². The molecule has 144 valence electrons. The summed E-state index contributed by atoms with van der Waals surface area (Å²) in [4.78, 5) is 32.0. The van der Waals surface area contributed by atoms with Crippen LogP contribution in [-0.4, -0.2) is 34.1 Å². The van der Waals surface area contributed by atoms with Crippen LogP contribution in [0.25, 0.3) is 10.7 Å². The molecule has 1 unspecified atom stereocenters. The number of amides is 3. The van der Waals surface area contributed by atoms with Gasteiger partial charge in [-0.1, -0.05) is 30.3 Å². The van der Waals surface area contributed by atoms with Gasteiger partial charge in [0, 0.05) is 0 Å². The Morgan fingerprint density at radius 1 is 1.25 bits per heavy atom. The van der Waals surface area contributed by atoms with Crippen molar-refractivity contribution >= 4 is 23.3 Å². The zero-order valence-corrected chi connectivity index (χ0v) is 16.2. The molecule has 0 radical (unpaired) electrons. The molecule has 0 spiro atoms. The molecule has 4 rings (SSSR count). The largest absolute Gasteiger partial charge is 0.497 e. The van der Waals surface area contributed by atoms with Crippen LogP contribution in [0.2, 0.25) is 0 Å². The number of aromatic nitrogens is 2. The van der Waals surface area contributed by atoms with E-state index < -0.39 is 11.6 Å². The second kappa shape index (κ2) is 7.08. The van der Waals surface area contributed by atoms with Gasteiger partial charge in [-0.05, 0) is 35.6 Å². The molecule has 1 saturated heterocycles. The molecule has 8 nitrogen and oxygen atoms in total. The molecule has 2 aromatic heterocycles. The molecule has 1 aliphatic heterocycles. The van der Waals surface area contributed by atoms with Gasteiger partial charge in [0.1, 0.15) is 17.8 Å². The summed E-state index contributed by atoms with van der Waals surface area (Å²) in [5.74, 6) is 0.971. The molecule has 1 fully saturated rings. The summed E-state index contributed by atoms with van der Waals surface area (Å²) < 4.78 is 10.4. The van der Waals surface area contributed by atoms with Crippen LogP contribution in [0.4, 0.5) is 4.79 Å². The Labute approximate surface area is 165 Å². The zero-order chi connectivity index (χ0) is 19.7. The van der Waals surface area contributed by atoms with Gasteiger partial charge in [-0.15, -0.1) is 11.3 Å². The van der Waals surface area contributed by atoms with Gasteiger partial charge < -0.3 is 14.6 Å². The highest BCUT2D eigenvalue weighted by Gasteiger charge is 2.51. The third-order valence-corrected chi connectivity index (χ3v) is 5.66. The van der Waals surface area contributed by atoms with Gasteiger partial charge in [0.25, 0.3) is 5.91 Å². The van der Waals surface area contributed by atoms with Crippen molar-refractivity contribution in [3.8, 4) is 16.5 Å². The van der Waals surface area contributed by atoms with E-state index in [9.17, 15) is 9.59 Å². The van der Waals surface area contributed by atoms with Crippen molar-refractivity contribution in [2.45, 2.75) is 25.4 Å². The molecule has 1 aromatic carbocycles. The Balaban J connectivity index is 1.59. The fourth-order valence-corrected chi connectivity index (χ4v) is 3.89. The van der Waals surface area contributed by atoms with Gasteiger partial charge in [-0.25, -0.2) is 4.79 Å². The molecule has 3 aromatic rings. The number of hydrogen-bond acceptors (Lipinski definition) is 7. The molecule has 1 N–H and O–H groups in total. The lowest BCUT2D eigenvalue weighted by Crippen LogP contribution is -2.43. The predicted molar refractivity (Wildman–Crippen MR) is 102 cm³/mol. The van der Waals surface area contributed by atoms with E-state index in [4.69, 9.17) is 9.26 Å². The minimum absolute atomic E-state index is 0.0824. The Morgan fingerprint density at radius 2 is 2.04 bits per heavy atom. The van der Waals surface area contributed by atoms with E-state index in [0.29, 0.717) is 23.6 Å². The maximum absolute atomic E-state index is 13.2. The summed E-state index contributed by atoms with van der Waals surface area (Å²) in [7, 11) is 1.57. The number of nitrogens with zero attached hydrogens (tertiary/aromatic N) is 3. The first-order valence-corrected chi connectivity index (χ1v) is 9.60. The summed E-state index contributed by atoms with van der Waals surface area (Å²) in [5, 5.41) is 8.67. The quantitative estimate of drug-likeness (QED) is 0.641. The molecular weight excluding hydrogens is 380 g/mol. The van der Waals surface area contributed by atoms with Crippen LogP contribution in [0, 0.1) is 0 Å². The SMILES string of the molecule is CCC1(c2ccc(OC)cc2)NC(=O)N(Cc2nc(-c3cccs3)no2)C1=O. The highest BCUT2D eigenvalue weighted by molar-refractivity contribution is 7.13. The summed E-state index contributed by atoms with van der Waals surface area (Å²) in [5.41, 5.74) is -0.429. The van der Waals surface area contributed by atoms with Crippen molar-refractivity contribution in [1.82, 2.24) is 20.4 Å². The van der Waals surface area contributed by atoms with Gasteiger partial charge in [0.15, 0.2) is 0 Å². The van der Waals surface area contributed by atoms with Gasteiger partial charge in [-0.3, -0.25) is 9.69 Å². The number of imide groups is 1. The molecule has 28 heavy (non-hydrogen) atoms. The number of urea groups is 1. The highest BCUT2D eigenvalue weighted by Crippen LogP contribution is 2.34. The van der Waals surface area contributed by atoms with Crippen LogP contribution in [0.5, 0.6) is 5.75 Å². The molecule has 0 saturated carbocycles. The van der Waals surface area contributed by atoms with Crippen LogP contribution in [0.1, 0.15) is 24.8 Å². The number of benzene rings is 1. The molecule has 1 atom stereocenters. The first-order chi connectivity index (χ1) is 13.6. The van der Waals surface area contributed by atoms with Gasteiger partial charge >= 0.3 is 6.03 Å². The van der Waals surface area contributed by atoms with Gasteiger partial charge in [0.05, 0.1) is 12.0 Å². The van der Waals surface area contributed by atoms with E-state index >= 15 is 0 Å². The van der Waals surface area contributed by atoms with E-state index in [1.807, 2.05) is 24.4 Å². The second-order valence-corrected chi connectivity index (χ2v) is 7.25. The van der Waals surface area contributed by atoms with Gasteiger partial charge in [-0.2, -0.15) is 4.98 Å². The third kappa shape index (κ3) is 2.93. The Bertz CT molecular complexity index is 999. The maximum Gasteiger partial charge on any atom is 0.325 e. The predicted octanol–water partition coefficient (Wildman–Crippen LogP) is 3.16.